The molecule has 13 nitrogen and oxygen atoms in total. The van der Waals surface area contributed by atoms with Gasteiger partial charge in [0, 0.05) is 40.0 Å². The van der Waals surface area contributed by atoms with E-state index in [9.17, 15) is 24.3 Å². The lowest BCUT2D eigenvalue weighted by Crippen LogP contribution is -2.60. The molecule has 2 aromatic carbocycles. The lowest BCUT2D eigenvalue weighted by molar-refractivity contribution is -0.148. The summed E-state index contributed by atoms with van der Waals surface area (Å²) in [5.41, 5.74) is 8.29. The normalized spacial score (nSPS) is 19.1. The van der Waals surface area contributed by atoms with Gasteiger partial charge >= 0.3 is 0 Å². The smallest absolute Gasteiger partial charge is 0.245 e. The Hall–Kier alpha value is -4.04. The largest absolute Gasteiger partial charge is 0.399 e. The first-order valence-corrected chi connectivity index (χ1v) is 21.4. The minimum Gasteiger partial charge on any atom is -0.399 e. The fourth-order valence-corrected chi connectivity index (χ4v) is 8.67. The van der Waals surface area contributed by atoms with Crippen LogP contribution in [0.2, 0.25) is 0 Å². The number of carbonyl (C=O) groups is 4. The third kappa shape index (κ3) is 13.0. The predicted molar refractivity (Wildman–Crippen MR) is 233 cm³/mol. The molecule has 0 unspecified atom stereocenters. The second-order valence-corrected chi connectivity index (χ2v) is 17.3. The summed E-state index contributed by atoms with van der Waals surface area (Å²) < 4.78 is 12.0. The minimum absolute atomic E-state index is 0.0149. The molecule has 0 radical (unpaired) electrons. The molecule has 59 heavy (non-hydrogen) atoms. The van der Waals surface area contributed by atoms with Gasteiger partial charge in [-0.1, -0.05) is 97.4 Å². The van der Waals surface area contributed by atoms with Crippen molar-refractivity contribution in [1.29, 1.82) is 0 Å². The third-order valence-electron chi connectivity index (χ3n) is 12.3. The summed E-state index contributed by atoms with van der Waals surface area (Å²) in [6.45, 7) is 16.5. The summed E-state index contributed by atoms with van der Waals surface area (Å²) >= 11 is 0. The van der Waals surface area contributed by atoms with Gasteiger partial charge < -0.3 is 40.7 Å². The molecule has 0 bridgehead atoms. The lowest BCUT2D eigenvalue weighted by atomic mass is 9.89. The van der Waals surface area contributed by atoms with Crippen LogP contribution in [-0.2, 0) is 35.2 Å². The van der Waals surface area contributed by atoms with E-state index in [0.29, 0.717) is 30.8 Å². The number of nitrogens with zero attached hydrogens (tertiary/aromatic N) is 3. The van der Waals surface area contributed by atoms with Crippen molar-refractivity contribution in [1.82, 2.24) is 25.3 Å². The number of likely N-dealkylation sites (N-methyl/N-ethyl adjacent to an activating group) is 2. The van der Waals surface area contributed by atoms with Gasteiger partial charge in [-0.15, -0.1) is 0 Å². The highest BCUT2D eigenvalue weighted by Gasteiger charge is 2.43. The fraction of sp³-hybridized carbons (Fsp3) is 0.652. The molecule has 2 aromatic rings. The second-order valence-electron chi connectivity index (χ2n) is 17.3. The Morgan fingerprint density at radius 3 is 2.05 bits per heavy atom. The van der Waals surface area contributed by atoms with Gasteiger partial charge in [0.1, 0.15) is 6.04 Å². The number of amides is 4. The van der Waals surface area contributed by atoms with Crippen LogP contribution in [0.15, 0.2) is 54.6 Å². The number of rotatable bonds is 22. The maximum atomic E-state index is 14.5. The van der Waals surface area contributed by atoms with Gasteiger partial charge in [0.2, 0.25) is 23.6 Å². The number of nitrogens with two attached hydrogens (primary N) is 1. The van der Waals surface area contributed by atoms with Gasteiger partial charge in [-0.2, -0.15) is 0 Å². The van der Waals surface area contributed by atoms with Crippen LogP contribution in [0.4, 0.5) is 5.69 Å². The summed E-state index contributed by atoms with van der Waals surface area (Å²) in [7, 11) is 6.76. The monoisotopic (exact) mass is 823 g/mol. The highest BCUT2D eigenvalue weighted by Crippen LogP contribution is 2.30. The molecule has 0 spiro atoms. The number of nitrogens with one attached hydrogen (secondary N) is 2. The summed E-state index contributed by atoms with van der Waals surface area (Å²) in [6.07, 6.45) is 0.0344. The van der Waals surface area contributed by atoms with Gasteiger partial charge in [0.15, 0.2) is 0 Å². The molecule has 0 aliphatic carbocycles. The van der Waals surface area contributed by atoms with E-state index in [1.165, 1.54) is 0 Å². The molecular formula is C46H74N6O7. The molecule has 4 amide bonds. The number of anilines is 1. The summed E-state index contributed by atoms with van der Waals surface area (Å²) in [6, 6.07) is 14.1. The first kappa shape index (κ1) is 49.3. The topological polar surface area (TPSA) is 167 Å². The number of benzene rings is 2. The van der Waals surface area contributed by atoms with Crippen molar-refractivity contribution in [2.75, 3.05) is 40.6 Å². The van der Waals surface area contributed by atoms with Crippen molar-refractivity contribution in [3.8, 4) is 0 Å². The molecule has 10 atom stereocenters. The van der Waals surface area contributed by atoms with E-state index >= 15 is 0 Å². The standard InChI is InChI=1S/C46H74N6O7/c1-13-30(6)41(51(10)46(57)39(28(2)3)49-45(56)40(29(4)5)50(9)27-33-21-23-35(47)24-22-33)37(58-11)26-38(53)52-25-17-20-36(52)43(59-12)31(7)44(55)48-32(8)42(54)34-18-15-14-16-19-34/h14-16,18-19,21-24,28-32,36-37,39-43,54H,13,17,20,25-27,47H2,1-12H3,(H,48,55)(H,49,56)/t30-,31+,32+,36-,37-,39-,40-,41-,42-,43+/m0/s1. The van der Waals surface area contributed by atoms with Crippen LogP contribution in [-0.4, -0.2) is 121 Å². The van der Waals surface area contributed by atoms with Crippen LogP contribution in [0.3, 0.4) is 0 Å². The number of hydrogen-bond donors (Lipinski definition) is 4. The Morgan fingerprint density at radius 1 is 0.881 bits per heavy atom. The fourth-order valence-electron chi connectivity index (χ4n) is 8.67. The van der Waals surface area contributed by atoms with E-state index in [2.05, 4.69) is 10.6 Å². The average Bonchev–Trinajstić information content (AvgIpc) is 3.69. The van der Waals surface area contributed by atoms with Crippen LogP contribution < -0.4 is 16.4 Å². The highest BCUT2D eigenvalue weighted by molar-refractivity contribution is 5.90. The molecule has 0 aromatic heterocycles. The van der Waals surface area contributed by atoms with Crippen molar-refractivity contribution >= 4 is 29.3 Å². The number of hydrogen-bond acceptors (Lipinski definition) is 9. The van der Waals surface area contributed by atoms with Crippen molar-refractivity contribution in [2.45, 2.75) is 136 Å². The lowest BCUT2D eigenvalue weighted by Gasteiger charge is -2.41. The number of aliphatic hydroxyl groups excluding tert-OH is 1. The van der Waals surface area contributed by atoms with Crippen LogP contribution in [0, 0.1) is 23.7 Å². The van der Waals surface area contributed by atoms with Crippen molar-refractivity contribution in [2.24, 2.45) is 23.7 Å². The summed E-state index contributed by atoms with van der Waals surface area (Å²) in [5, 5.41) is 16.9. The Labute approximate surface area is 353 Å². The quantitative estimate of drug-likeness (QED) is 0.119. The molecule has 5 N–H and O–H groups in total. The third-order valence-corrected chi connectivity index (χ3v) is 12.3. The molecule has 1 aliphatic rings. The first-order valence-electron chi connectivity index (χ1n) is 21.4. The number of carbonyl (C=O) groups excluding carboxylic acids is 4. The number of aliphatic hydroxyl groups is 1. The zero-order valence-corrected chi connectivity index (χ0v) is 37.7. The number of ether oxygens (including phenoxy) is 2. The highest BCUT2D eigenvalue weighted by atomic mass is 16.5. The molecule has 1 fully saturated rings. The van der Waals surface area contributed by atoms with Gasteiger partial charge in [0.05, 0.1) is 54.8 Å². The van der Waals surface area contributed by atoms with E-state index in [1.54, 1.807) is 44.9 Å². The Kier molecular flexibility index (Phi) is 19.3. The van der Waals surface area contributed by atoms with Crippen molar-refractivity contribution in [3.05, 3.63) is 65.7 Å². The molecule has 330 valence electrons. The SMILES string of the molecule is CC[C@H](C)[C@@H]([C@H](CC(=O)N1CCC[C@H]1[C@H](OC)[C@@H](C)C(=O)N[C@H](C)[C@H](O)c1ccccc1)OC)N(C)C(=O)[C@@H](NC(=O)[C@H](C(C)C)N(C)Cc1ccc(N)cc1)C(C)C. The molecule has 1 aliphatic heterocycles. The van der Waals surface area contributed by atoms with E-state index in [0.717, 1.165) is 18.4 Å². The zero-order chi connectivity index (χ0) is 44.1. The molecule has 1 saturated heterocycles. The van der Waals surface area contributed by atoms with E-state index in [1.807, 2.05) is 108 Å². The first-order chi connectivity index (χ1) is 27.9. The second kappa shape index (κ2) is 23.1. The maximum absolute atomic E-state index is 14.5. The molecular weight excluding hydrogens is 749 g/mol. The Bertz CT molecular complexity index is 1630. The average molecular weight is 823 g/mol. The molecule has 3 rings (SSSR count). The van der Waals surface area contributed by atoms with E-state index in [4.69, 9.17) is 15.2 Å². The minimum atomic E-state index is -0.885. The zero-order valence-electron chi connectivity index (χ0n) is 37.7. The number of likely N-dealkylation sites (tertiary alicyclic amines) is 1. The van der Waals surface area contributed by atoms with Gasteiger partial charge in [0.25, 0.3) is 0 Å². The van der Waals surface area contributed by atoms with Crippen LogP contribution in [0.1, 0.15) is 98.3 Å². The Balaban J connectivity index is 1.77. The van der Waals surface area contributed by atoms with Crippen LogP contribution in [0.25, 0.3) is 0 Å². The Morgan fingerprint density at radius 2 is 1.51 bits per heavy atom. The van der Waals surface area contributed by atoms with Crippen molar-refractivity contribution in [3.63, 3.8) is 0 Å². The van der Waals surface area contributed by atoms with Crippen LogP contribution >= 0.6 is 0 Å². The summed E-state index contributed by atoms with van der Waals surface area (Å²) in [5.74, 6) is -1.81. The number of nitrogen functional groups attached to an aromatic ring is 1. The molecule has 1 heterocycles. The number of methoxy groups -OCH3 is 2. The van der Waals surface area contributed by atoms with E-state index < -0.39 is 48.4 Å². The van der Waals surface area contributed by atoms with Crippen molar-refractivity contribution < 1.29 is 33.8 Å². The maximum Gasteiger partial charge on any atom is 0.245 e. The predicted octanol–water partition coefficient (Wildman–Crippen LogP) is 5.02. The molecule has 13 heteroatoms. The van der Waals surface area contributed by atoms with Crippen LogP contribution in [0.5, 0.6) is 0 Å². The summed E-state index contributed by atoms with van der Waals surface area (Å²) in [4.78, 5) is 61.8. The van der Waals surface area contributed by atoms with Gasteiger partial charge in [-0.3, -0.25) is 24.1 Å². The van der Waals surface area contributed by atoms with Gasteiger partial charge in [-0.25, -0.2) is 0 Å². The van der Waals surface area contributed by atoms with E-state index in [-0.39, 0.29) is 53.8 Å². The molecule has 0 saturated carbocycles. The van der Waals surface area contributed by atoms with Gasteiger partial charge in [-0.05, 0) is 67.8 Å².